The molecule has 174 valence electrons. The second kappa shape index (κ2) is 8.96. The van der Waals surface area contributed by atoms with E-state index >= 15 is 0 Å². The van der Waals surface area contributed by atoms with Crippen LogP contribution in [0.25, 0.3) is 5.76 Å². The summed E-state index contributed by atoms with van der Waals surface area (Å²) >= 11 is 12.2. The molecule has 1 heterocycles. The van der Waals surface area contributed by atoms with Crippen LogP contribution < -0.4 is 9.64 Å². The lowest BCUT2D eigenvalue weighted by Gasteiger charge is -2.25. The molecule has 3 aromatic rings. The molecule has 1 saturated heterocycles. The first-order valence-electron chi connectivity index (χ1n) is 9.72. The third-order valence-electron chi connectivity index (χ3n) is 5.30. The Hall–Kier alpha value is -3.62. The molecule has 1 unspecified atom stereocenters. The summed E-state index contributed by atoms with van der Waals surface area (Å²) in [7, 11) is 1.29. The van der Waals surface area contributed by atoms with E-state index in [-0.39, 0.29) is 38.4 Å². The van der Waals surface area contributed by atoms with Crippen molar-refractivity contribution in [2.45, 2.75) is 6.04 Å². The quantitative estimate of drug-likeness (QED) is 0.273. The van der Waals surface area contributed by atoms with E-state index in [0.29, 0.717) is 5.56 Å². The van der Waals surface area contributed by atoms with E-state index in [0.717, 1.165) is 23.1 Å². The highest BCUT2D eigenvalue weighted by Crippen LogP contribution is 2.45. The van der Waals surface area contributed by atoms with Crippen LogP contribution in [-0.2, 0) is 9.59 Å². The van der Waals surface area contributed by atoms with E-state index in [4.69, 9.17) is 27.9 Å². The molecule has 3 aromatic carbocycles. The first-order valence-corrected chi connectivity index (χ1v) is 10.5. The van der Waals surface area contributed by atoms with Crippen molar-refractivity contribution in [2.75, 3.05) is 12.0 Å². The predicted octanol–water partition coefficient (Wildman–Crippen LogP) is 5.61. The summed E-state index contributed by atoms with van der Waals surface area (Å²) in [6.45, 7) is 0. The molecule has 1 fully saturated rings. The number of carbonyl (C=O) groups is 2. The van der Waals surface area contributed by atoms with Gasteiger partial charge in [0.15, 0.2) is 11.6 Å². The molecule has 34 heavy (non-hydrogen) atoms. The molecule has 1 atom stereocenters. The third kappa shape index (κ3) is 3.95. The Morgan fingerprint density at radius 3 is 2.29 bits per heavy atom. The molecule has 1 amide bonds. The monoisotopic (exact) mass is 505 g/mol. The Labute approximate surface area is 202 Å². The fourth-order valence-electron chi connectivity index (χ4n) is 3.79. The van der Waals surface area contributed by atoms with Gasteiger partial charge < -0.3 is 14.9 Å². The van der Waals surface area contributed by atoms with Gasteiger partial charge in [-0.15, -0.1) is 0 Å². The van der Waals surface area contributed by atoms with E-state index in [2.05, 4.69) is 0 Å². The Morgan fingerprint density at radius 1 is 1.00 bits per heavy atom. The second-order valence-corrected chi connectivity index (χ2v) is 8.17. The number of amides is 1. The molecule has 1 aliphatic rings. The van der Waals surface area contributed by atoms with Gasteiger partial charge in [0.05, 0.1) is 29.3 Å². The van der Waals surface area contributed by atoms with Gasteiger partial charge in [-0.3, -0.25) is 14.5 Å². The average Bonchev–Trinajstić information content (AvgIpc) is 3.06. The van der Waals surface area contributed by atoms with Gasteiger partial charge in [0.25, 0.3) is 11.7 Å². The lowest BCUT2D eigenvalue weighted by Crippen LogP contribution is -2.29. The summed E-state index contributed by atoms with van der Waals surface area (Å²) in [5.74, 6) is -5.25. The normalized spacial score (nSPS) is 17.3. The number of hydrogen-bond acceptors (Lipinski definition) is 5. The van der Waals surface area contributed by atoms with Crippen LogP contribution in [0.3, 0.4) is 0 Å². The Balaban J connectivity index is 2.01. The number of rotatable bonds is 4. The molecule has 6 nitrogen and oxygen atoms in total. The lowest BCUT2D eigenvalue weighted by molar-refractivity contribution is -0.132. The summed E-state index contributed by atoms with van der Waals surface area (Å²) in [5, 5.41) is 21.1. The van der Waals surface area contributed by atoms with Crippen molar-refractivity contribution in [3.63, 3.8) is 0 Å². The van der Waals surface area contributed by atoms with Crippen LogP contribution >= 0.6 is 23.2 Å². The van der Waals surface area contributed by atoms with Gasteiger partial charge in [-0.05, 0) is 42.0 Å². The first kappa shape index (κ1) is 23.5. The molecule has 0 bridgehead atoms. The van der Waals surface area contributed by atoms with Crippen molar-refractivity contribution in [3.8, 4) is 11.5 Å². The van der Waals surface area contributed by atoms with Crippen LogP contribution in [0.5, 0.6) is 11.5 Å². The lowest BCUT2D eigenvalue weighted by atomic mass is 9.94. The van der Waals surface area contributed by atoms with Crippen molar-refractivity contribution in [1.82, 2.24) is 0 Å². The highest BCUT2D eigenvalue weighted by atomic mass is 35.5. The zero-order valence-electron chi connectivity index (χ0n) is 17.4. The minimum Gasteiger partial charge on any atom is -0.508 e. The van der Waals surface area contributed by atoms with Crippen molar-refractivity contribution in [3.05, 3.63) is 93.0 Å². The van der Waals surface area contributed by atoms with Gasteiger partial charge in [0.1, 0.15) is 17.3 Å². The number of phenolic OH excluding ortho intramolecular Hbond substituents is 1. The van der Waals surface area contributed by atoms with Gasteiger partial charge >= 0.3 is 0 Å². The topological polar surface area (TPSA) is 87.1 Å². The van der Waals surface area contributed by atoms with Crippen LogP contribution in [0.15, 0.2) is 60.2 Å². The number of halogens is 4. The minimum atomic E-state index is -1.26. The third-order valence-corrected chi connectivity index (χ3v) is 5.80. The van der Waals surface area contributed by atoms with Gasteiger partial charge in [-0.1, -0.05) is 35.3 Å². The highest BCUT2D eigenvalue weighted by molar-refractivity contribution is 6.51. The van der Waals surface area contributed by atoms with Gasteiger partial charge in [-0.25, -0.2) is 8.78 Å². The Bertz CT molecular complexity index is 1360. The minimum absolute atomic E-state index is 0.00653. The number of phenols is 1. The van der Waals surface area contributed by atoms with E-state index in [1.54, 1.807) is 0 Å². The second-order valence-electron chi connectivity index (χ2n) is 7.33. The zero-order chi connectivity index (χ0) is 24.7. The van der Waals surface area contributed by atoms with Crippen LogP contribution in [-0.4, -0.2) is 29.0 Å². The van der Waals surface area contributed by atoms with Crippen LogP contribution in [0, 0.1) is 11.6 Å². The molecular formula is C24H15Cl2F2NO5. The van der Waals surface area contributed by atoms with Crippen molar-refractivity contribution in [1.29, 1.82) is 0 Å². The summed E-state index contributed by atoms with van der Waals surface area (Å²) in [5.41, 5.74) is -0.228. The molecule has 0 spiro atoms. The number of aliphatic hydroxyl groups is 1. The summed E-state index contributed by atoms with van der Waals surface area (Å²) in [4.78, 5) is 27.1. The molecule has 0 saturated carbocycles. The number of methoxy groups -OCH3 is 1. The Kier molecular flexibility index (Phi) is 6.20. The number of benzene rings is 3. The number of aliphatic hydroxyl groups excluding tert-OH is 1. The highest BCUT2D eigenvalue weighted by Gasteiger charge is 2.47. The number of nitrogens with zero attached hydrogens (tertiary/aromatic N) is 1. The standard InChI is InChI=1S/C24H15Cl2F2NO5/c1-34-23-15(8-12(25)9-16(23)26)21(31)19-20(11-2-5-14(30)6-3-11)29(24(33)22(19)32)13-4-7-17(27)18(28)10-13/h2-10,20,30-31H,1H3/b21-19+. The maximum Gasteiger partial charge on any atom is 0.300 e. The molecule has 10 heteroatoms. The van der Waals surface area contributed by atoms with E-state index in [1.807, 2.05) is 0 Å². The molecule has 1 aliphatic heterocycles. The molecule has 0 aliphatic carbocycles. The maximum atomic E-state index is 14.0. The zero-order valence-corrected chi connectivity index (χ0v) is 18.9. The van der Waals surface area contributed by atoms with Gasteiger partial charge in [0.2, 0.25) is 0 Å². The fraction of sp³-hybridized carbons (Fsp3) is 0.0833. The number of ether oxygens (including phenoxy) is 1. The largest absolute Gasteiger partial charge is 0.508 e. The molecule has 0 radical (unpaired) electrons. The smallest absolute Gasteiger partial charge is 0.300 e. The van der Waals surface area contributed by atoms with Gasteiger partial charge in [-0.2, -0.15) is 0 Å². The number of aromatic hydroxyl groups is 1. The first-order chi connectivity index (χ1) is 16.1. The SMILES string of the molecule is COc1c(Cl)cc(Cl)cc1/C(O)=C1\C(=O)C(=O)N(c2ccc(F)c(F)c2)C1c1ccc(O)cc1. The summed E-state index contributed by atoms with van der Waals surface area (Å²) in [6, 6.07) is 9.62. The number of carbonyl (C=O) groups excluding carboxylic acids is 2. The average molecular weight is 506 g/mol. The maximum absolute atomic E-state index is 14.0. The van der Waals surface area contributed by atoms with E-state index < -0.39 is 35.1 Å². The molecular weight excluding hydrogens is 491 g/mol. The Morgan fingerprint density at radius 2 is 1.68 bits per heavy atom. The molecule has 0 aromatic heterocycles. The van der Waals surface area contributed by atoms with Crippen molar-refractivity contribution < 1.29 is 33.3 Å². The molecule has 2 N–H and O–H groups in total. The van der Waals surface area contributed by atoms with Crippen LogP contribution in [0.2, 0.25) is 10.0 Å². The van der Waals surface area contributed by atoms with Crippen LogP contribution in [0.1, 0.15) is 17.2 Å². The van der Waals surface area contributed by atoms with Gasteiger partial charge in [0, 0.05) is 16.8 Å². The predicted molar refractivity (Wildman–Crippen MR) is 122 cm³/mol. The van der Waals surface area contributed by atoms with E-state index in [9.17, 15) is 28.6 Å². The van der Waals surface area contributed by atoms with Crippen molar-refractivity contribution in [2.24, 2.45) is 0 Å². The van der Waals surface area contributed by atoms with Crippen molar-refractivity contribution >= 4 is 46.3 Å². The van der Waals surface area contributed by atoms with E-state index in [1.165, 1.54) is 43.5 Å². The van der Waals surface area contributed by atoms with Crippen LogP contribution in [0.4, 0.5) is 14.5 Å². The number of Topliss-reactive ketones (excluding diaryl/α,β-unsaturated/α-hetero) is 1. The molecule has 4 rings (SSSR count). The number of ketones is 1. The summed E-state index contributed by atoms with van der Waals surface area (Å²) in [6.07, 6.45) is 0. The fourth-order valence-corrected chi connectivity index (χ4v) is 4.37. The summed E-state index contributed by atoms with van der Waals surface area (Å²) < 4.78 is 32.8. The number of anilines is 1. The number of hydrogen-bond donors (Lipinski definition) is 2.